The van der Waals surface area contributed by atoms with Gasteiger partial charge >= 0.3 is 0 Å². The fraction of sp³-hybridized carbons (Fsp3) is 0.316. The molecule has 2 rings (SSSR count). The molecule has 0 bridgehead atoms. The minimum absolute atomic E-state index is 0.318. The van der Waals surface area contributed by atoms with Gasteiger partial charge in [-0.2, -0.15) is 4.72 Å². The molecule has 2 aromatic rings. The summed E-state index contributed by atoms with van der Waals surface area (Å²) in [5, 5.41) is 3.35. The van der Waals surface area contributed by atoms with Crippen molar-refractivity contribution < 1.29 is 17.6 Å². The molecule has 5 nitrogen and oxygen atoms in total. The first-order valence-corrected chi connectivity index (χ1v) is 10.4. The van der Waals surface area contributed by atoms with Gasteiger partial charge in [-0.25, -0.2) is 12.8 Å². The van der Waals surface area contributed by atoms with Crippen molar-refractivity contribution in [3.05, 3.63) is 64.9 Å². The predicted molar refractivity (Wildman–Crippen MR) is 104 cm³/mol. The van der Waals surface area contributed by atoms with Gasteiger partial charge in [-0.15, -0.1) is 0 Å². The molecular weight excluding hydrogens is 391 g/mol. The van der Waals surface area contributed by atoms with Crippen molar-refractivity contribution in [2.24, 2.45) is 5.92 Å². The van der Waals surface area contributed by atoms with Gasteiger partial charge in [0.2, 0.25) is 15.9 Å². The van der Waals surface area contributed by atoms with E-state index in [-0.39, 0.29) is 5.92 Å². The molecule has 0 saturated carbocycles. The molecule has 0 fully saturated rings. The fourth-order valence-electron chi connectivity index (χ4n) is 2.48. The van der Waals surface area contributed by atoms with E-state index < -0.39 is 32.7 Å². The van der Waals surface area contributed by atoms with Crippen LogP contribution in [0.25, 0.3) is 0 Å². The number of carbonyl (C=O) groups is 1. The number of carbonyl (C=O) groups excluding carboxylic acids is 1. The molecule has 27 heavy (non-hydrogen) atoms. The Kier molecular flexibility index (Phi) is 7.35. The standard InChI is InChI=1S/C19H22ClFN2O3S/c1-13(2)18(23-27(25,26)17-6-4-3-5-16(17)21)19(24)22-12-11-14-7-9-15(20)10-8-14/h3-10,13,18,23H,11-12H2,1-2H3,(H,22,24). The lowest BCUT2D eigenvalue weighted by Crippen LogP contribution is -2.50. The Labute approximate surface area is 164 Å². The molecule has 1 atom stereocenters. The smallest absolute Gasteiger partial charge is 0.244 e. The summed E-state index contributed by atoms with van der Waals surface area (Å²) in [6.45, 7) is 3.77. The van der Waals surface area contributed by atoms with E-state index in [4.69, 9.17) is 11.6 Å². The first-order chi connectivity index (χ1) is 12.7. The Hall–Kier alpha value is -1.96. The summed E-state index contributed by atoms with van der Waals surface area (Å²) in [7, 11) is -4.16. The highest BCUT2D eigenvalue weighted by Crippen LogP contribution is 2.15. The Morgan fingerprint density at radius 3 is 2.33 bits per heavy atom. The quantitative estimate of drug-likeness (QED) is 0.699. The van der Waals surface area contributed by atoms with E-state index >= 15 is 0 Å². The second kappa shape index (κ2) is 9.30. The average Bonchev–Trinajstić information content (AvgIpc) is 2.61. The van der Waals surface area contributed by atoms with Crippen LogP contribution >= 0.6 is 11.6 Å². The van der Waals surface area contributed by atoms with Crippen molar-refractivity contribution in [3.8, 4) is 0 Å². The van der Waals surface area contributed by atoms with Gasteiger partial charge in [0.25, 0.3) is 0 Å². The Balaban J connectivity index is 2.02. The third kappa shape index (κ3) is 6.02. The van der Waals surface area contributed by atoms with Gasteiger partial charge in [0, 0.05) is 11.6 Å². The first-order valence-electron chi connectivity index (χ1n) is 8.49. The van der Waals surface area contributed by atoms with Crippen molar-refractivity contribution in [2.75, 3.05) is 6.54 Å². The summed E-state index contributed by atoms with van der Waals surface area (Å²) in [6, 6.07) is 11.3. The molecule has 0 aromatic heterocycles. The molecule has 0 heterocycles. The van der Waals surface area contributed by atoms with Crippen molar-refractivity contribution in [1.82, 2.24) is 10.0 Å². The normalized spacial score (nSPS) is 12.8. The van der Waals surface area contributed by atoms with E-state index in [1.165, 1.54) is 12.1 Å². The maximum Gasteiger partial charge on any atom is 0.244 e. The Bertz CT molecular complexity index is 886. The number of hydrogen-bond acceptors (Lipinski definition) is 3. The van der Waals surface area contributed by atoms with Crippen LogP contribution in [0.4, 0.5) is 4.39 Å². The molecule has 0 aliphatic rings. The Morgan fingerprint density at radius 2 is 1.74 bits per heavy atom. The summed E-state index contributed by atoms with van der Waals surface area (Å²) in [5.41, 5.74) is 0.993. The SMILES string of the molecule is CC(C)C(NS(=O)(=O)c1ccccc1F)C(=O)NCCc1ccc(Cl)cc1. The summed E-state index contributed by atoms with van der Waals surface area (Å²) >= 11 is 5.83. The van der Waals surface area contributed by atoms with Crippen molar-refractivity contribution >= 4 is 27.5 Å². The molecule has 1 amide bonds. The van der Waals surface area contributed by atoms with E-state index in [9.17, 15) is 17.6 Å². The lowest BCUT2D eigenvalue weighted by Gasteiger charge is -2.21. The number of nitrogens with one attached hydrogen (secondary N) is 2. The molecule has 0 aliphatic heterocycles. The molecule has 2 N–H and O–H groups in total. The maximum absolute atomic E-state index is 13.8. The van der Waals surface area contributed by atoms with Crippen LogP contribution in [-0.2, 0) is 21.2 Å². The maximum atomic E-state index is 13.8. The summed E-state index contributed by atoms with van der Waals surface area (Å²) in [4.78, 5) is 12.0. The van der Waals surface area contributed by atoms with Gasteiger partial charge in [0.05, 0.1) is 0 Å². The van der Waals surface area contributed by atoms with Gasteiger partial charge in [-0.1, -0.05) is 49.7 Å². The van der Waals surface area contributed by atoms with Gasteiger partial charge in [-0.3, -0.25) is 4.79 Å². The predicted octanol–water partition coefficient (Wildman–Crippen LogP) is 3.14. The number of rotatable bonds is 8. The van der Waals surface area contributed by atoms with Crippen LogP contribution in [0.5, 0.6) is 0 Å². The van der Waals surface area contributed by atoms with Crippen molar-refractivity contribution in [3.63, 3.8) is 0 Å². The van der Waals surface area contributed by atoms with Gasteiger partial charge in [0.15, 0.2) is 0 Å². The van der Waals surface area contributed by atoms with Crippen LogP contribution < -0.4 is 10.0 Å². The van der Waals surface area contributed by atoms with Crippen LogP contribution in [-0.4, -0.2) is 26.9 Å². The minimum atomic E-state index is -4.16. The van der Waals surface area contributed by atoms with Gasteiger partial charge in [0.1, 0.15) is 16.8 Å². The zero-order chi connectivity index (χ0) is 20.0. The van der Waals surface area contributed by atoms with E-state index in [1.807, 2.05) is 12.1 Å². The lowest BCUT2D eigenvalue weighted by atomic mass is 10.0. The van der Waals surface area contributed by atoms with Crippen molar-refractivity contribution in [1.29, 1.82) is 0 Å². The summed E-state index contributed by atoms with van der Waals surface area (Å²) in [5.74, 6) is -1.64. The third-order valence-corrected chi connectivity index (χ3v) is 5.71. The fourth-order valence-corrected chi connectivity index (χ4v) is 4.03. The van der Waals surface area contributed by atoms with E-state index in [1.54, 1.807) is 26.0 Å². The molecular formula is C19H22ClFN2O3S. The minimum Gasteiger partial charge on any atom is -0.354 e. The molecule has 146 valence electrons. The Morgan fingerprint density at radius 1 is 1.11 bits per heavy atom. The van der Waals surface area contributed by atoms with Crippen LogP contribution in [0.1, 0.15) is 19.4 Å². The summed E-state index contributed by atoms with van der Waals surface area (Å²) in [6.07, 6.45) is 0.577. The molecule has 0 aliphatic carbocycles. The molecule has 0 saturated heterocycles. The third-order valence-electron chi connectivity index (χ3n) is 3.98. The lowest BCUT2D eigenvalue weighted by molar-refractivity contribution is -0.123. The van der Waals surface area contributed by atoms with Gasteiger partial charge < -0.3 is 5.32 Å². The number of halogens is 2. The monoisotopic (exact) mass is 412 g/mol. The molecule has 0 radical (unpaired) electrons. The number of benzene rings is 2. The van der Waals surface area contributed by atoms with Crippen LogP contribution in [0.2, 0.25) is 5.02 Å². The highest BCUT2D eigenvalue weighted by molar-refractivity contribution is 7.89. The van der Waals surface area contributed by atoms with Crippen LogP contribution in [0, 0.1) is 11.7 Å². The van der Waals surface area contributed by atoms with Crippen molar-refractivity contribution in [2.45, 2.75) is 31.2 Å². The zero-order valence-electron chi connectivity index (χ0n) is 15.1. The van der Waals surface area contributed by atoms with E-state index in [0.29, 0.717) is 18.0 Å². The molecule has 0 spiro atoms. The van der Waals surface area contributed by atoms with Crippen LogP contribution in [0.3, 0.4) is 0 Å². The average molecular weight is 413 g/mol. The van der Waals surface area contributed by atoms with Gasteiger partial charge in [-0.05, 0) is 42.2 Å². The zero-order valence-corrected chi connectivity index (χ0v) is 16.6. The van der Waals surface area contributed by atoms with Crippen LogP contribution in [0.15, 0.2) is 53.4 Å². The topological polar surface area (TPSA) is 75.3 Å². The molecule has 2 aromatic carbocycles. The largest absolute Gasteiger partial charge is 0.354 e. The molecule has 1 unspecified atom stereocenters. The molecule has 8 heteroatoms. The highest BCUT2D eigenvalue weighted by Gasteiger charge is 2.29. The van der Waals surface area contributed by atoms with E-state index in [2.05, 4.69) is 10.0 Å². The number of hydrogen-bond donors (Lipinski definition) is 2. The van der Waals surface area contributed by atoms with E-state index in [0.717, 1.165) is 17.7 Å². The highest BCUT2D eigenvalue weighted by atomic mass is 35.5. The second-order valence-corrected chi connectivity index (χ2v) is 8.56. The number of sulfonamides is 1. The second-order valence-electron chi connectivity index (χ2n) is 6.44. The first kappa shape index (κ1) is 21.3. The summed E-state index contributed by atoms with van der Waals surface area (Å²) < 4.78 is 41.0. The number of amides is 1.